The Labute approximate surface area is 186 Å². The average Bonchev–Trinajstić information content (AvgIpc) is 3.23. The molecule has 0 aliphatic heterocycles. The van der Waals surface area contributed by atoms with E-state index in [-0.39, 0.29) is 5.91 Å². The topological polar surface area (TPSA) is 56.2 Å². The van der Waals surface area contributed by atoms with E-state index in [2.05, 4.69) is 10.3 Å². The highest BCUT2D eigenvalue weighted by Gasteiger charge is 2.21. The molecule has 4 rings (SSSR count). The molecule has 156 valence electrons. The Kier molecular flexibility index (Phi) is 6.34. The number of aromatic nitrogens is 2. The molecule has 3 aromatic carbocycles. The van der Waals surface area contributed by atoms with Crippen LogP contribution in [-0.2, 0) is 13.7 Å². The maximum Gasteiger partial charge on any atom is 0.252 e. The minimum atomic E-state index is -0.418. The number of hydrogen-bond donors (Lipinski definition) is 1. The SMILES string of the molecule is Cn1ccnc1[C@@H](NC(=O)c1cccc(OCc2ccccc2)c1)c1ccc(Cl)cc1. The van der Waals surface area contributed by atoms with Crippen molar-refractivity contribution in [3.05, 3.63) is 119 Å². The van der Waals surface area contributed by atoms with Crippen LogP contribution in [-0.4, -0.2) is 15.5 Å². The van der Waals surface area contributed by atoms with Crippen molar-refractivity contribution >= 4 is 17.5 Å². The third kappa shape index (κ3) is 5.13. The Morgan fingerprint density at radius 1 is 1.06 bits per heavy atom. The van der Waals surface area contributed by atoms with Crippen LogP contribution in [0.2, 0.25) is 5.02 Å². The molecule has 1 atom stereocenters. The van der Waals surface area contributed by atoms with E-state index < -0.39 is 6.04 Å². The lowest BCUT2D eigenvalue weighted by atomic mass is 10.1. The fraction of sp³-hybridized carbons (Fsp3) is 0.120. The summed E-state index contributed by atoms with van der Waals surface area (Å²) < 4.78 is 7.75. The molecule has 0 spiro atoms. The van der Waals surface area contributed by atoms with Gasteiger partial charge in [0.15, 0.2) is 0 Å². The molecule has 1 aromatic heterocycles. The van der Waals surface area contributed by atoms with Crippen LogP contribution in [0.3, 0.4) is 0 Å². The predicted octanol–water partition coefficient (Wildman–Crippen LogP) is 5.17. The molecule has 5 nitrogen and oxygen atoms in total. The molecule has 0 unspecified atom stereocenters. The standard InChI is InChI=1S/C25H22ClN3O2/c1-29-15-14-27-24(29)23(19-10-12-21(26)13-11-19)28-25(30)20-8-5-9-22(16-20)31-17-18-6-3-2-4-7-18/h2-16,23H,17H2,1H3,(H,28,30)/t23-/m0/s1. The van der Waals surface area contributed by atoms with Gasteiger partial charge in [-0.25, -0.2) is 4.98 Å². The number of carbonyl (C=O) groups is 1. The molecule has 31 heavy (non-hydrogen) atoms. The summed E-state index contributed by atoms with van der Waals surface area (Å²) in [5.41, 5.74) is 2.47. The van der Waals surface area contributed by atoms with Gasteiger partial charge in [-0.05, 0) is 41.5 Å². The van der Waals surface area contributed by atoms with Crippen LogP contribution in [0, 0.1) is 0 Å². The zero-order valence-corrected chi connectivity index (χ0v) is 17.8. The van der Waals surface area contributed by atoms with Gasteiger partial charge in [0.2, 0.25) is 0 Å². The van der Waals surface area contributed by atoms with Gasteiger partial charge in [-0.2, -0.15) is 0 Å². The average molecular weight is 432 g/mol. The van der Waals surface area contributed by atoms with Gasteiger partial charge in [0.05, 0.1) is 0 Å². The molecule has 0 saturated heterocycles. The Balaban J connectivity index is 1.53. The molecule has 1 heterocycles. The van der Waals surface area contributed by atoms with Gasteiger partial charge in [-0.1, -0.05) is 60.1 Å². The summed E-state index contributed by atoms with van der Waals surface area (Å²) in [7, 11) is 1.90. The first-order valence-electron chi connectivity index (χ1n) is 9.90. The lowest BCUT2D eigenvalue weighted by Crippen LogP contribution is -2.31. The van der Waals surface area contributed by atoms with Gasteiger partial charge >= 0.3 is 0 Å². The van der Waals surface area contributed by atoms with E-state index in [9.17, 15) is 4.79 Å². The van der Waals surface area contributed by atoms with Crippen LogP contribution < -0.4 is 10.1 Å². The minimum absolute atomic E-state index is 0.215. The molecule has 1 N–H and O–H groups in total. The molecular weight excluding hydrogens is 410 g/mol. The number of amides is 1. The van der Waals surface area contributed by atoms with E-state index in [0.717, 1.165) is 17.0 Å². The molecule has 0 radical (unpaired) electrons. The van der Waals surface area contributed by atoms with Crippen molar-refractivity contribution in [3.8, 4) is 5.75 Å². The number of aryl methyl sites for hydroxylation is 1. The third-order valence-electron chi connectivity index (χ3n) is 4.94. The summed E-state index contributed by atoms with van der Waals surface area (Å²) in [6.07, 6.45) is 3.56. The van der Waals surface area contributed by atoms with E-state index in [1.165, 1.54) is 0 Å². The van der Waals surface area contributed by atoms with Gasteiger partial charge in [0, 0.05) is 30.0 Å². The third-order valence-corrected chi connectivity index (χ3v) is 5.19. The lowest BCUT2D eigenvalue weighted by molar-refractivity contribution is 0.0940. The fourth-order valence-electron chi connectivity index (χ4n) is 3.29. The number of nitrogens with zero attached hydrogens (tertiary/aromatic N) is 2. The number of rotatable bonds is 7. The first kappa shape index (κ1) is 20.7. The van der Waals surface area contributed by atoms with Gasteiger partial charge in [-0.3, -0.25) is 4.79 Å². The number of hydrogen-bond acceptors (Lipinski definition) is 3. The highest BCUT2D eigenvalue weighted by atomic mass is 35.5. The molecule has 0 bridgehead atoms. The zero-order chi connectivity index (χ0) is 21.6. The molecule has 0 saturated carbocycles. The number of imidazole rings is 1. The Morgan fingerprint density at radius 3 is 2.55 bits per heavy atom. The van der Waals surface area contributed by atoms with Crippen molar-refractivity contribution in [1.82, 2.24) is 14.9 Å². The Bertz CT molecular complexity index is 1160. The second-order valence-corrected chi connectivity index (χ2v) is 7.59. The van der Waals surface area contributed by atoms with E-state index >= 15 is 0 Å². The molecule has 0 aliphatic rings. The summed E-state index contributed by atoms with van der Waals surface area (Å²) in [6, 6.07) is 24.0. The van der Waals surface area contributed by atoms with Crippen molar-refractivity contribution in [3.63, 3.8) is 0 Å². The van der Waals surface area contributed by atoms with Gasteiger partial charge in [0.25, 0.3) is 5.91 Å². The van der Waals surface area contributed by atoms with E-state index in [1.54, 1.807) is 30.5 Å². The lowest BCUT2D eigenvalue weighted by Gasteiger charge is -2.19. The normalized spacial score (nSPS) is 11.7. The van der Waals surface area contributed by atoms with E-state index in [0.29, 0.717) is 22.9 Å². The Hall–Kier alpha value is -3.57. The van der Waals surface area contributed by atoms with Crippen molar-refractivity contribution in [1.29, 1.82) is 0 Å². The van der Waals surface area contributed by atoms with Crippen LogP contribution >= 0.6 is 11.6 Å². The van der Waals surface area contributed by atoms with Gasteiger partial charge in [-0.15, -0.1) is 0 Å². The quantitative estimate of drug-likeness (QED) is 0.439. The number of nitrogens with one attached hydrogen (secondary N) is 1. The van der Waals surface area contributed by atoms with Crippen LogP contribution in [0.5, 0.6) is 5.75 Å². The fourth-order valence-corrected chi connectivity index (χ4v) is 3.42. The molecule has 0 fully saturated rings. The number of benzene rings is 3. The van der Waals surface area contributed by atoms with E-state index in [1.807, 2.05) is 72.4 Å². The molecular formula is C25H22ClN3O2. The smallest absolute Gasteiger partial charge is 0.252 e. The highest BCUT2D eigenvalue weighted by Crippen LogP contribution is 2.23. The first-order valence-corrected chi connectivity index (χ1v) is 10.3. The zero-order valence-electron chi connectivity index (χ0n) is 17.0. The number of carbonyl (C=O) groups excluding carboxylic acids is 1. The summed E-state index contributed by atoms with van der Waals surface area (Å²) in [5, 5.41) is 3.73. The van der Waals surface area contributed by atoms with Gasteiger partial charge in [0.1, 0.15) is 24.2 Å². The summed E-state index contributed by atoms with van der Waals surface area (Å²) in [5.74, 6) is 1.15. The number of ether oxygens (including phenoxy) is 1. The molecule has 0 aliphatic carbocycles. The highest BCUT2D eigenvalue weighted by molar-refractivity contribution is 6.30. The first-order chi connectivity index (χ1) is 15.1. The molecule has 4 aromatic rings. The summed E-state index contributed by atoms with van der Waals surface area (Å²) in [6.45, 7) is 0.437. The van der Waals surface area contributed by atoms with Crippen molar-refractivity contribution in [2.45, 2.75) is 12.6 Å². The second kappa shape index (κ2) is 9.49. The number of halogens is 1. The summed E-state index contributed by atoms with van der Waals surface area (Å²) in [4.78, 5) is 17.5. The van der Waals surface area contributed by atoms with Crippen LogP contribution in [0.4, 0.5) is 0 Å². The van der Waals surface area contributed by atoms with Crippen LogP contribution in [0.1, 0.15) is 33.4 Å². The van der Waals surface area contributed by atoms with E-state index in [4.69, 9.17) is 16.3 Å². The second-order valence-electron chi connectivity index (χ2n) is 7.16. The van der Waals surface area contributed by atoms with Crippen molar-refractivity contribution in [2.24, 2.45) is 7.05 Å². The maximum atomic E-state index is 13.1. The molecule has 6 heteroatoms. The van der Waals surface area contributed by atoms with Gasteiger partial charge < -0.3 is 14.6 Å². The Morgan fingerprint density at radius 2 is 1.84 bits per heavy atom. The van der Waals surface area contributed by atoms with Crippen LogP contribution in [0.15, 0.2) is 91.3 Å². The summed E-state index contributed by atoms with van der Waals surface area (Å²) >= 11 is 6.04. The minimum Gasteiger partial charge on any atom is -0.489 e. The van der Waals surface area contributed by atoms with Crippen molar-refractivity contribution in [2.75, 3.05) is 0 Å². The molecule has 1 amide bonds. The predicted molar refractivity (Wildman–Crippen MR) is 121 cm³/mol. The van der Waals surface area contributed by atoms with Crippen molar-refractivity contribution < 1.29 is 9.53 Å². The van der Waals surface area contributed by atoms with Crippen LogP contribution in [0.25, 0.3) is 0 Å². The maximum absolute atomic E-state index is 13.1. The largest absolute Gasteiger partial charge is 0.489 e. The monoisotopic (exact) mass is 431 g/mol.